The lowest BCUT2D eigenvalue weighted by Crippen LogP contribution is -2.20. The first-order chi connectivity index (χ1) is 18.7. The third-order valence-electron chi connectivity index (χ3n) is 7.49. The molecule has 5 aromatic heterocycles. The van der Waals surface area contributed by atoms with Crippen molar-refractivity contribution in [3.8, 4) is 33.1 Å². The molecule has 8 heteroatoms. The quantitative estimate of drug-likeness (QED) is 0.205. The van der Waals surface area contributed by atoms with Gasteiger partial charge >= 0.3 is 0 Å². The van der Waals surface area contributed by atoms with E-state index in [1.54, 1.807) is 0 Å². The molecule has 6 nitrogen and oxygen atoms in total. The standard InChI is InChI=1S/C30H27FN6S/c31-28-11-10-27(38-28)21-6-3-7-24-22(21)13-26(34-24)30-29-25(36-37-30)9-8-23(35-29)20-12-19(16-33-17-20)15-32-14-18-4-1-2-5-18/h3,6-13,16-18,32,34H,1-2,4-5,14-15H2,(H,36,37). The molecule has 0 radical (unpaired) electrons. The normalized spacial score (nSPS) is 14.2. The Labute approximate surface area is 223 Å². The minimum Gasteiger partial charge on any atom is -0.353 e. The summed E-state index contributed by atoms with van der Waals surface area (Å²) in [6.07, 6.45) is 9.20. The van der Waals surface area contributed by atoms with Crippen LogP contribution in [0.4, 0.5) is 4.39 Å². The van der Waals surface area contributed by atoms with Crippen LogP contribution in [0.15, 0.2) is 67.0 Å². The molecule has 6 aromatic rings. The van der Waals surface area contributed by atoms with Crippen LogP contribution in [-0.2, 0) is 6.54 Å². The molecule has 1 aliphatic carbocycles. The van der Waals surface area contributed by atoms with Gasteiger partial charge in [-0.1, -0.05) is 25.0 Å². The van der Waals surface area contributed by atoms with Gasteiger partial charge in [-0.15, -0.1) is 11.3 Å². The Kier molecular flexibility index (Phi) is 5.98. The second kappa shape index (κ2) is 9.78. The number of halogens is 1. The highest BCUT2D eigenvalue weighted by molar-refractivity contribution is 7.14. The van der Waals surface area contributed by atoms with Crippen molar-refractivity contribution in [2.75, 3.05) is 6.54 Å². The summed E-state index contributed by atoms with van der Waals surface area (Å²) in [5.74, 6) is 0.807. The van der Waals surface area contributed by atoms with E-state index in [-0.39, 0.29) is 5.13 Å². The van der Waals surface area contributed by atoms with Crippen molar-refractivity contribution >= 4 is 33.3 Å². The zero-order chi connectivity index (χ0) is 25.5. The second-order valence-electron chi connectivity index (χ2n) is 10.1. The fourth-order valence-electron chi connectivity index (χ4n) is 5.56. The fraction of sp³-hybridized carbons (Fsp3) is 0.233. The van der Waals surface area contributed by atoms with Crippen molar-refractivity contribution in [3.05, 3.63) is 77.7 Å². The summed E-state index contributed by atoms with van der Waals surface area (Å²) in [6.45, 7) is 1.88. The van der Waals surface area contributed by atoms with E-state index in [0.29, 0.717) is 0 Å². The van der Waals surface area contributed by atoms with E-state index in [2.05, 4.69) is 37.6 Å². The number of thiophene rings is 1. The van der Waals surface area contributed by atoms with E-state index in [1.807, 2.05) is 48.8 Å². The zero-order valence-electron chi connectivity index (χ0n) is 20.8. The van der Waals surface area contributed by atoms with Gasteiger partial charge in [-0.05, 0) is 73.3 Å². The lowest BCUT2D eigenvalue weighted by atomic mass is 10.1. The van der Waals surface area contributed by atoms with Gasteiger partial charge in [-0.2, -0.15) is 9.49 Å². The lowest BCUT2D eigenvalue weighted by molar-refractivity contribution is 0.489. The highest BCUT2D eigenvalue weighted by atomic mass is 32.1. The van der Waals surface area contributed by atoms with Crippen LogP contribution in [0.1, 0.15) is 31.2 Å². The predicted molar refractivity (Wildman–Crippen MR) is 151 cm³/mol. The van der Waals surface area contributed by atoms with Crippen LogP contribution in [0.5, 0.6) is 0 Å². The van der Waals surface area contributed by atoms with Gasteiger partial charge in [-0.25, -0.2) is 4.98 Å². The molecular weight excluding hydrogens is 495 g/mol. The van der Waals surface area contributed by atoms with E-state index in [0.717, 1.165) is 90.9 Å². The molecule has 1 saturated carbocycles. The molecule has 3 N–H and O–H groups in total. The third kappa shape index (κ3) is 4.40. The van der Waals surface area contributed by atoms with Crippen molar-refractivity contribution in [2.24, 2.45) is 5.92 Å². The smallest absolute Gasteiger partial charge is 0.176 e. The van der Waals surface area contributed by atoms with E-state index in [9.17, 15) is 4.39 Å². The van der Waals surface area contributed by atoms with Crippen LogP contribution in [-0.4, -0.2) is 31.7 Å². The molecular formula is C30H27FN6S. The summed E-state index contributed by atoms with van der Waals surface area (Å²) in [7, 11) is 0. The van der Waals surface area contributed by atoms with Gasteiger partial charge in [0.2, 0.25) is 0 Å². The van der Waals surface area contributed by atoms with Crippen LogP contribution < -0.4 is 5.32 Å². The SMILES string of the molecule is Fc1ccc(-c2cccc3[nH]c(-c4n[nH]c5ccc(-c6cncc(CNCC7CCCC7)c6)nc45)cc23)s1. The van der Waals surface area contributed by atoms with E-state index in [4.69, 9.17) is 4.98 Å². The van der Waals surface area contributed by atoms with Gasteiger partial charge in [0.05, 0.1) is 16.9 Å². The number of hydrogen-bond donors (Lipinski definition) is 3. The fourth-order valence-corrected chi connectivity index (χ4v) is 6.33. The van der Waals surface area contributed by atoms with Crippen LogP contribution >= 0.6 is 11.3 Å². The first-order valence-corrected chi connectivity index (χ1v) is 13.9. The Morgan fingerprint density at radius 1 is 1.00 bits per heavy atom. The van der Waals surface area contributed by atoms with Gasteiger partial charge in [0.25, 0.3) is 0 Å². The Hall–Kier alpha value is -3.88. The Bertz CT molecular complexity index is 1740. The number of pyridine rings is 2. The van der Waals surface area contributed by atoms with Crippen LogP contribution in [0.3, 0.4) is 0 Å². The van der Waals surface area contributed by atoms with Gasteiger partial charge in [0.15, 0.2) is 5.13 Å². The van der Waals surface area contributed by atoms with Gasteiger partial charge in [0.1, 0.15) is 11.2 Å². The molecule has 7 rings (SSSR count). The second-order valence-corrected chi connectivity index (χ2v) is 11.1. The monoisotopic (exact) mass is 522 g/mol. The summed E-state index contributed by atoms with van der Waals surface area (Å²) in [6, 6.07) is 17.6. The number of nitrogens with zero attached hydrogens (tertiary/aromatic N) is 3. The van der Waals surface area contributed by atoms with E-state index < -0.39 is 0 Å². The van der Waals surface area contributed by atoms with Crippen molar-refractivity contribution < 1.29 is 4.39 Å². The Morgan fingerprint density at radius 2 is 1.92 bits per heavy atom. The van der Waals surface area contributed by atoms with Crippen molar-refractivity contribution in [3.63, 3.8) is 0 Å². The Balaban J connectivity index is 1.20. The number of H-pyrrole nitrogens is 2. The maximum atomic E-state index is 13.7. The van der Waals surface area contributed by atoms with Crippen molar-refractivity contribution in [1.29, 1.82) is 0 Å². The number of fused-ring (bicyclic) bond motifs is 2. The molecule has 0 atom stereocenters. The summed E-state index contributed by atoms with van der Waals surface area (Å²) < 4.78 is 13.7. The molecule has 0 unspecified atom stereocenters. The maximum Gasteiger partial charge on any atom is 0.176 e. The molecule has 38 heavy (non-hydrogen) atoms. The summed E-state index contributed by atoms with van der Waals surface area (Å²) in [5, 5.41) is 12.2. The van der Waals surface area contributed by atoms with Crippen molar-refractivity contribution in [1.82, 2.24) is 30.5 Å². The Morgan fingerprint density at radius 3 is 2.79 bits per heavy atom. The molecule has 0 saturated heterocycles. The topological polar surface area (TPSA) is 82.3 Å². The average molecular weight is 523 g/mol. The number of aromatic nitrogens is 5. The average Bonchev–Trinajstić information content (AvgIpc) is 3.74. The number of aromatic amines is 2. The summed E-state index contributed by atoms with van der Waals surface area (Å²) in [4.78, 5) is 13.9. The van der Waals surface area contributed by atoms with Gasteiger partial charge in [0, 0.05) is 45.8 Å². The molecule has 0 amide bonds. The molecule has 0 aliphatic heterocycles. The lowest BCUT2D eigenvalue weighted by Gasteiger charge is -2.11. The minimum absolute atomic E-state index is 0.189. The highest BCUT2D eigenvalue weighted by Gasteiger charge is 2.17. The molecule has 5 heterocycles. The number of rotatable bonds is 7. The van der Waals surface area contributed by atoms with Gasteiger partial charge in [-0.3, -0.25) is 10.1 Å². The van der Waals surface area contributed by atoms with E-state index in [1.165, 1.54) is 31.7 Å². The number of nitrogens with one attached hydrogen (secondary N) is 3. The van der Waals surface area contributed by atoms with Crippen molar-refractivity contribution in [2.45, 2.75) is 32.2 Å². The summed E-state index contributed by atoms with van der Waals surface area (Å²) in [5.41, 5.74) is 8.24. The summed E-state index contributed by atoms with van der Waals surface area (Å²) >= 11 is 1.15. The molecule has 0 bridgehead atoms. The molecule has 1 aliphatic rings. The largest absolute Gasteiger partial charge is 0.353 e. The highest BCUT2D eigenvalue weighted by Crippen LogP contribution is 2.36. The van der Waals surface area contributed by atoms with Crippen LogP contribution in [0, 0.1) is 11.0 Å². The third-order valence-corrected chi connectivity index (χ3v) is 8.40. The molecule has 190 valence electrons. The maximum absolute atomic E-state index is 13.7. The minimum atomic E-state index is -0.189. The number of hydrogen-bond acceptors (Lipinski definition) is 5. The first kappa shape index (κ1) is 23.3. The zero-order valence-corrected chi connectivity index (χ0v) is 21.6. The van der Waals surface area contributed by atoms with Crippen LogP contribution in [0.25, 0.3) is 55.0 Å². The molecule has 1 aromatic carbocycles. The van der Waals surface area contributed by atoms with E-state index >= 15 is 0 Å². The number of benzene rings is 1. The predicted octanol–water partition coefficient (Wildman–Crippen LogP) is 7.32. The first-order valence-electron chi connectivity index (χ1n) is 13.1. The van der Waals surface area contributed by atoms with Gasteiger partial charge < -0.3 is 10.3 Å². The van der Waals surface area contributed by atoms with Crippen LogP contribution in [0.2, 0.25) is 0 Å². The molecule has 0 spiro atoms. The molecule has 1 fully saturated rings.